The van der Waals surface area contributed by atoms with E-state index in [2.05, 4.69) is 16.9 Å². The Morgan fingerprint density at radius 1 is 1.47 bits per heavy atom. The highest BCUT2D eigenvalue weighted by atomic mass is 16.5. The highest BCUT2D eigenvalue weighted by Crippen LogP contribution is 2.20. The van der Waals surface area contributed by atoms with Crippen molar-refractivity contribution in [2.45, 2.75) is 18.9 Å². The Kier molecular flexibility index (Phi) is 3.25. The predicted molar refractivity (Wildman–Crippen MR) is 74.2 cm³/mol. The zero-order valence-corrected chi connectivity index (χ0v) is 11.1. The number of hydrogen-bond donors (Lipinski definition) is 1. The topological polar surface area (TPSA) is 45.3 Å². The molecule has 0 saturated carbocycles. The third-order valence-electron chi connectivity index (χ3n) is 3.89. The van der Waals surface area contributed by atoms with Crippen molar-refractivity contribution in [3.8, 4) is 0 Å². The van der Waals surface area contributed by atoms with Gasteiger partial charge < -0.3 is 14.6 Å². The van der Waals surface area contributed by atoms with Crippen LogP contribution in [0, 0.1) is 0 Å². The van der Waals surface area contributed by atoms with Crippen LogP contribution in [0.5, 0.6) is 0 Å². The Morgan fingerprint density at radius 3 is 3.11 bits per heavy atom. The van der Waals surface area contributed by atoms with E-state index in [0.29, 0.717) is 18.2 Å². The van der Waals surface area contributed by atoms with Gasteiger partial charge in [0.1, 0.15) is 6.61 Å². The fraction of sp³-hybridized carbons (Fsp3) is 0.400. The standard InChI is InChI=1S/C15H18N2O2/c1-17-8-4-5-11(17)10-19-15(18)13-9-16-14-7-3-2-6-12(13)14/h2-3,6-7,9,11,16H,4-5,8,10H2,1H3. The van der Waals surface area contributed by atoms with Crippen LogP contribution in [0.3, 0.4) is 0 Å². The molecule has 1 aromatic heterocycles. The van der Waals surface area contributed by atoms with E-state index in [1.165, 1.54) is 6.42 Å². The number of rotatable bonds is 3. The molecule has 1 N–H and O–H groups in total. The van der Waals surface area contributed by atoms with Crippen LogP contribution in [0.1, 0.15) is 23.2 Å². The summed E-state index contributed by atoms with van der Waals surface area (Å²) in [4.78, 5) is 17.5. The van der Waals surface area contributed by atoms with Crippen molar-refractivity contribution in [1.82, 2.24) is 9.88 Å². The Bertz CT molecular complexity index is 591. The molecule has 0 radical (unpaired) electrons. The third-order valence-corrected chi connectivity index (χ3v) is 3.89. The van der Waals surface area contributed by atoms with E-state index in [0.717, 1.165) is 23.9 Å². The number of likely N-dealkylation sites (tertiary alicyclic amines) is 1. The van der Waals surface area contributed by atoms with Crippen LogP contribution >= 0.6 is 0 Å². The summed E-state index contributed by atoms with van der Waals surface area (Å²) in [6.45, 7) is 1.57. The van der Waals surface area contributed by atoms with E-state index in [1.54, 1.807) is 6.20 Å². The number of aromatic amines is 1. The minimum Gasteiger partial charge on any atom is -0.460 e. The van der Waals surface area contributed by atoms with Gasteiger partial charge in [-0.3, -0.25) is 0 Å². The second-order valence-electron chi connectivity index (χ2n) is 5.12. The SMILES string of the molecule is CN1CCCC1COC(=O)c1c[nH]c2ccccc12. The molecule has 1 aliphatic rings. The lowest BCUT2D eigenvalue weighted by Gasteiger charge is -2.18. The Hall–Kier alpha value is -1.81. The lowest BCUT2D eigenvalue weighted by molar-refractivity contribution is 0.0418. The number of carbonyl (C=O) groups is 1. The van der Waals surface area contributed by atoms with Crippen LogP contribution in [-0.2, 0) is 4.74 Å². The molecule has 100 valence electrons. The summed E-state index contributed by atoms with van der Waals surface area (Å²) in [5.41, 5.74) is 1.59. The quantitative estimate of drug-likeness (QED) is 0.860. The lowest BCUT2D eigenvalue weighted by Crippen LogP contribution is -2.30. The summed E-state index contributed by atoms with van der Waals surface area (Å²) in [6.07, 6.45) is 4.02. The van der Waals surface area contributed by atoms with Gasteiger partial charge in [0.15, 0.2) is 0 Å². The number of fused-ring (bicyclic) bond motifs is 1. The van der Waals surface area contributed by atoms with Crippen molar-refractivity contribution in [2.75, 3.05) is 20.2 Å². The number of esters is 1. The number of hydrogen-bond acceptors (Lipinski definition) is 3. The molecule has 1 fully saturated rings. The number of aromatic nitrogens is 1. The van der Waals surface area contributed by atoms with E-state index in [4.69, 9.17) is 4.74 Å². The molecule has 2 aromatic rings. The molecule has 0 aliphatic carbocycles. The lowest BCUT2D eigenvalue weighted by atomic mass is 10.2. The molecule has 19 heavy (non-hydrogen) atoms. The van der Waals surface area contributed by atoms with Crippen LogP contribution in [0.4, 0.5) is 0 Å². The van der Waals surface area contributed by atoms with Crippen LogP contribution < -0.4 is 0 Å². The third kappa shape index (κ3) is 2.36. The maximum atomic E-state index is 12.1. The fourth-order valence-electron chi connectivity index (χ4n) is 2.68. The van der Waals surface area contributed by atoms with E-state index in [1.807, 2.05) is 24.3 Å². The minimum atomic E-state index is -0.238. The number of likely N-dealkylation sites (N-methyl/N-ethyl adjacent to an activating group) is 1. The van der Waals surface area contributed by atoms with Crippen LogP contribution in [0.2, 0.25) is 0 Å². The highest BCUT2D eigenvalue weighted by molar-refractivity contribution is 6.03. The molecule has 1 aliphatic heterocycles. The first-order valence-corrected chi connectivity index (χ1v) is 6.69. The van der Waals surface area contributed by atoms with E-state index in [-0.39, 0.29) is 5.97 Å². The maximum Gasteiger partial charge on any atom is 0.340 e. The van der Waals surface area contributed by atoms with Gasteiger partial charge in [0, 0.05) is 23.1 Å². The van der Waals surface area contributed by atoms with Crippen molar-refractivity contribution in [1.29, 1.82) is 0 Å². The van der Waals surface area contributed by atoms with E-state index < -0.39 is 0 Å². The van der Waals surface area contributed by atoms with Crippen molar-refractivity contribution in [3.63, 3.8) is 0 Å². The Labute approximate surface area is 112 Å². The van der Waals surface area contributed by atoms with Gasteiger partial charge in [0.25, 0.3) is 0 Å². The first kappa shape index (κ1) is 12.2. The summed E-state index contributed by atoms with van der Waals surface area (Å²) in [5.74, 6) is -0.238. The van der Waals surface area contributed by atoms with Crippen molar-refractivity contribution in [2.24, 2.45) is 0 Å². The number of ether oxygens (including phenoxy) is 1. The minimum absolute atomic E-state index is 0.238. The molecular weight excluding hydrogens is 240 g/mol. The summed E-state index contributed by atoms with van der Waals surface area (Å²) in [7, 11) is 2.08. The number of benzene rings is 1. The number of H-pyrrole nitrogens is 1. The van der Waals surface area contributed by atoms with E-state index >= 15 is 0 Å². The van der Waals surface area contributed by atoms with Gasteiger partial charge in [0.2, 0.25) is 0 Å². The van der Waals surface area contributed by atoms with Crippen molar-refractivity contribution < 1.29 is 9.53 Å². The Balaban J connectivity index is 1.70. The summed E-state index contributed by atoms with van der Waals surface area (Å²) in [5, 5.41) is 0.923. The van der Waals surface area contributed by atoms with Crippen LogP contribution in [-0.4, -0.2) is 42.1 Å². The number of carbonyl (C=O) groups excluding carboxylic acids is 1. The molecular formula is C15H18N2O2. The van der Waals surface area contributed by atoms with E-state index in [9.17, 15) is 4.79 Å². The molecule has 0 bridgehead atoms. The highest BCUT2D eigenvalue weighted by Gasteiger charge is 2.23. The number of nitrogens with one attached hydrogen (secondary N) is 1. The second kappa shape index (κ2) is 5.05. The summed E-state index contributed by atoms with van der Waals surface area (Å²) in [6, 6.07) is 8.13. The molecule has 1 unspecified atom stereocenters. The monoisotopic (exact) mass is 258 g/mol. The number of nitrogens with zero attached hydrogens (tertiary/aromatic N) is 1. The molecule has 1 saturated heterocycles. The maximum absolute atomic E-state index is 12.1. The molecule has 4 nitrogen and oxygen atoms in total. The average Bonchev–Trinajstić information content (AvgIpc) is 3.02. The fourth-order valence-corrected chi connectivity index (χ4v) is 2.68. The summed E-state index contributed by atoms with van der Waals surface area (Å²) < 4.78 is 5.45. The van der Waals surface area contributed by atoms with Crippen molar-refractivity contribution >= 4 is 16.9 Å². The largest absolute Gasteiger partial charge is 0.460 e. The molecule has 1 atom stereocenters. The zero-order chi connectivity index (χ0) is 13.2. The zero-order valence-electron chi connectivity index (χ0n) is 11.1. The Morgan fingerprint density at radius 2 is 2.32 bits per heavy atom. The molecule has 3 rings (SSSR count). The average molecular weight is 258 g/mol. The molecule has 4 heteroatoms. The number of para-hydroxylation sites is 1. The molecule has 1 aromatic carbocycles. The van der Waals surface area contributed by atoms with Crippen LogP contribution in [0.25, 0.3) is 10.9 Å². The van der Waals surface area contributed by atoms with Gasteiger partial charge in [-0.25, -0.2) is 4.79 Å². The second-order valence-corrected chi connectivity index (χ2v) is 5.12. The molecule has 0 spiro atoms. The van der Waals surface area contributed by atoms with Gasteiger partial charge in [-0.1, -0.05) is 18.2 Å². The summed E-state index contributed by atoms with van der Waals surface area (Å²) >= 11 is 0. The van der Waals surface area contributed by atoms with Gasteiger partial charge in [-0.05, 0) is 32.5 Å². The molecule has 2 heterocycles. The van der Waals surface area contributed by atoms with Crippen LogP contribution in [0.15, 0.2) is 30.5 Å². The van der Waals surface area contributed by atoms with Gasteiger partial charge >= 0.3 is 5.97 Å². The first-order valence-electron chi connectivity index (χ1n) is 6.69. The smallest absolute Gasteiger partial charge is 0.340 e. The predicted octanol–water partition coefficient (Wildman–Crippen LogP) is 2.42. The van der Waals surface area contributed by atoms with Gasteiger partial charge in [-0.2, -0.15) is 0 Å². The van der Waals surface area contributed by atoms with Gasteiger partial charge in [-0.15, -0.1) is 0 Å². The molecule has 0 amide bonds. The first-order chi connectivity index (χ1) is 9.25. The van der Waals surface area contributed by atoms with Gasteiger partial charge in [0.05, 0.1) is 5.56 Å². The normalized spacial score (nSPS) is 19.9. The van der Waals surface area contributed by atoms with Crippen molar-refractivity contribution in [3.05, 3.63) is 36.0 Å².